The zero-order valence-corrected chi connectivity index (χ0v) is 8.22. The van der Waals surface area contributed by atoms with Gasteiger partial charge in [0.1, 0.15) is 0 Å². The van der Waals surface area contributed by atoms with Crippen molar-refractivity contribution in [3.05, 3.63) is 0 Å². The van der Waals surface area contributed by atoms with Crippen molar-refractivity contribution in [1.82, 2.24) is 5.32 Å². The summed E-state index contributed by atoms with van der Waals surface area (Å²) in [6.45, 7) is 1.20. The predicted octanol–water partition coefficient (Wildman–Crippen LogP) is 0.721. The minimum absolute atomic E-state index is 0.167. The second-order valence-corrected chi connectivity index (χ2v) is 2.91. The van der Waals surface area contributed by atoms with Crippen molar-refractivity contribution in [3.63, 3.8) is 0 Å². The minimum atomic E-state index is -3.72. The molecule has 0 amide bonds. The molecule has 0 spiro atoms. The zero-order valence-electron chi connectivity index (χ0n) is 8.22. The van der Waals surface area contributed by atoms with Crippen LogP contribution in [-0.4, -0.2) is 43.3 Å². The molecule has 0 aromatic carbocycles. The predicted molar refractivity (Wildman–Crippen MR) is 46.5 cm³/mol. The second-order valence-electron chi connectivity index (χ2n) is 2.91. The van der Waals surface area contributed by atoms with Crippen molar-refractivity contribution in [3.8, 4) is 0 Å². The summed E-state index contributed by atoms with van der Waals surface area (Å²) in [6, 6.07) is 0. The maximum atomic E-state index is 12.5. The van der Waals surface area contributed by atoms with Crippen molar-refractivity contribution in [2.45, 2.75) is 25.4 Å². The number of carbonyl (C=O) groups is 1. The Balaban J connectivity index is 3.78. The van der Waals surface area contributed by atoms with Gasteiger partial charge in [-0.1, -0.05) is 6.92 Å². The van der Waals surface area contributed by atoms with Crippen molar-refractivity contribution >= 4 is 5.97 Å². The van der Waals surface area contributed by atoms with E-state index in [1.165, 1.54) is 7.11 Å². The Bertz CT molecular complexity index is 183. The minimum Gasteiger partial charge on any atom is -0.477 e. The van der Waals surface area contributed by atoms with Crippen LogP contribution in [0.15, 0.2) is 0 Å². The molecule has 6 heteroatoms. The van der Waals surface area contributed by atoms with Gasteiger partial charge in [0.25, 0.3) is 0 Å². The summed E-state index contributed by atoms with van der Waals surface area (Å²) in [7, 11) is 1.48. The van der Waals surface area contributed by atoms with Gasteiger partial charge < -0.3 is 15.2 Å². The van der Waals surface area contributed by atoms with Gasteiger partial charge in [0.15, 0.2) is 0 Å². The Morgan fingerprint density at radius 3 is 2.57 bits per heavy atom. The number of aliphatic carboxylic acids is 1. The summed E-state index contributed by atoms with van der Waals surface area (Å²) in [6.07, 6.45) is 0.516. The molecule has 0 saturated heterocycles. The van der Waals surface area contributed by atoms with Crippen LogP contribution in [-0.2, 0) is 9.53 Å². The topological polar surface area (TPSA) is 58.6 Å². The van der Waals surface area contributed by atoms with E-state index in [4.69, 9.17) is 9.84 Å². The third kappa shape index (κ3) is 4.48. The van der Waals surface area contributed by atoms with Crippen LogP contribution in [0.2, 0.25) is 0 Å². The van der Waals surface area contributed by atoms with Gasteiger partial charge in [0, 0.05) is 13.7 Å². The van der Waals surface area contributed by atoms with Gasteiger partial charge in [-0.3, -0.25) is 0 Å². The van der Waals surface area contributed by atoms with Crippen LogP contribution < -0.4 is 5.32 Å². The third-order valence-corrected chi connectivity index (χ3v) is 1.82. The van der Waals surface area contributed by atoms with Gasteiger partial charge in [-0.2, -0.15) is 8.78 Å². The van der Waals surface area contributed by atoms with E-state index in [1.54, 1.807) is 0 Å². The van der Waals surface area contributed by atoms with Crippen LogP contribution in [0.4, 0.5) is 8.78 Å². The average Bonchev–Trinajstić information content (AvgIpc) is 2.12. The smallest absolute Gasteiger partial charge is 0.375 e. The van der Waals surface area contributed by atoms with E-state index in [0.29, 0.717) is 6.42 Å². The summed E-state index contributed by atoms with van der Waals surface area (Å²) in [5.41, 5.74) is 0. The Morgan fingerprint density at radius 2 is 2.21 bits per heavy atom. The second kappa shape index (κ2) is 5.87. The fourth-order valence-electron chi connectivity index (χ4n) is 0.860. The SMILES string of the molecule is CCC(CNCC(F)(F)C(=O)O)OC. The number of ether oxygens (including phenoxy) is 1. The lowest BCUT2D eigenvalue weighted by Gasteiger charge is -2.16. The summed E-state index contributed by atoms with van der Waals surface area (Å²) in [4.78, 5) is 10.0. The lowest BCUT2D eigenvalue weighted by atomic mass is 10.2. The van der Waals surface area contributed by atoms with E-state index in [9.17, 15) is 13.6 Å². The molecular weight excluding hydrogens is 196 g/mol. The first-order chi connectivity index (χ1) is 6.44. The maximum absolute atomic E-state index is 12.5. The molecule has 84 valence electrons. The molecule has 0 aromatic rings. The Morgan fingerprint density at radius 1 is 1.64 bits per heavy atom. The first kappa shape index (κ1) is 13.2. The number of alkyl halides is 2. The number of carboxylic acids is 1. The zero-order chi connectivity index (χ0) is 11.2. The molecule has 2 N–H and O–H groups in total. The van der Waals surface area contributed by atoms with E-state index >= 15 is 0 Å². The quantitative estimate of drug-likeness (QED) is 0.651. The van der Waals surface area contributed by atoms with Gasteiger partial charge in [-0.25, -0.2) is 4.79 Å². The molecule has 0 aliphatic heterocycles. The lowest BCUT2D eigenvalue weighted by Crippen LogP contribution is -2.42. The molecule has 1 atom stereocenters. The number of nitrogens with one attached hydrogen (secondary N) is 1. The number of hydrogen-bond acceptors (Lipinski definition) is 3. The van der Waals surface area contributed by atoms with Crippen molar-refractivity contribution in [2.75, 3.05) is 20.2 Å². The molecule has 4 nitrogen and oxygen atoms in total. The highest BCUT2D eigenvalue weighted by Gasteiger charge is 2.38. The van der Waals surface area contributed by atoms with Crippen molar-refractivity contribution < 1.29 is 23.4 Å². The highest BCUT2D eigenvalue weighted by Crippen LogP contribution is 2.11. The standard InChI is InChI=1S/C8H15F2NO3/c1-3-6(14-2)4-11-5-8(9,10)7(12)13/h6,11H,3-5H2,1-2H3,(H,12,13). The monoisotopic (exact) mass is 211 g/mol. The maximum Gasteiger partial charge on any atom is 0.375 e. The Labute approximate surface area is 81.2 Å². The van der Waals surface area contributed by atoms with Crippen LogP contribution in [0.1, 0.15) is 13.3 Å². The molecular formula is C8H15F2NO3. The molecule has 0 bridgehead atoms. The molecule has 0 aliphatic rings. The summed E-state index contributed by atoms with van der Waals surface area (Å²) < 4.78 is 29.9. The third-order valence-electron chi connectivity index (χ3n) is 1.82. The summed E-state index contributed by atoms with van der Waals surface area (Å²) in [5.74, 6) is -5.83. The first-order valence-electron chi connectivity index (χ1n) is 4.28. The van der Waals surface area contributed by atoms with Gasteiger partial charge in [0.2, 0.25) is 0 Å². The molecule has 1 unspecified atom stereocenters. The summed E-state index contributed by atoms with van der Waals surface area (Å²) in [5, 5.41) is 10.5. The molecule has 0 saturated carbocycles. The highest BCUT2D eigenvalue weighted by atomic mass is 19.3. The molecule has 0 heterocycles. The average molecular weight is 211 g/mol. The van der Waals surface area contributed by atoms with E-state index in [1.807, 2.05) is 6.92 Å². The van der Waals surface area contributed by atoms with Crippen LogP contribution in [0, 0.1) is 0 Å². The van der Waals surface area contributed by atoms with Crippen LogP contribution in [0.25, 0.3) is 0 Å². The molecule has 14 heavy (non-hydrogen) atoms. The first-order valence-corrected chi connectivity index (χ1v) is 4.28. The highest BCUT2D eigenvalue weighted by molar-refractivity contribution is 5.75. The summed E-state index contributed by atoms with van der Waals surface area (Å²) >= 11 is 0. The van der Waals surface area contributed by atoms with E-state index in [2.05, 4.69) is 5.32 Å². The van der Waals surface area contributed by atoms with E-state index in [-0.39, 0.29) is 12.6 Å². The van der Waals surface area contributed by atoms with Crippen molar-refractivity contribution in [1.29, 1.82) is 0 Å². The van der Waals surface area contributed by atoms with E-state index < -0.39 is 18.4 Å². The van der Waals surface area contributed by atoms with Gasteiger partial charge in [-0.05, 0) is 6.42 Å². The van der Waals surface area contributed by atoms with Crippen molar-refractivity contribution in [2.24, 2.45) is 0 Å². The molecule has 0 radical (unpaired) electrons. The number of rotatable bonds is 7. The Kier molecular flexibility index (Phi) is 5.56. The van der Waals surface area contributed by atoms with Gasteiger partial charge in [-0.15, -0.1) is 0 Å². The largest absolute Gasteiger partial charge is 0.477 e. The number of hydrogen-bond donors (Lipinski definition) is 2. The Hall–Kier alpha value is -0.750. The van der Waals surface area contributed by atoms with Gasteiger partial charge in [0.05, 0.1) is 12.6 Å². The molecule has 0 fully saturated rings. The number of halogens is 2. The van der Waals surface area contributed by atoms with Gasteiger partial charge >= 0.3 is 11.9 Å². The van der Waals surface area contributed by atoms with Crippen LogP contribution >= 0.6 is 0 Å². The fourth-order valence-corrected chi connectivity index (χ4v) is 0.860. The number of methoxy groups -OCH3 is 1. The lowest BCUT2D eigenvalue weighted by molar-refractivity contribution is -0.164. The fraction of sp³-hybridized carbons (Fsp3) is 0.875. The van der Waals surface area contributed by atoms with Crippen LogP contribution in [0.5, 0.6) is 0 Å². The van der Waals surface area contributed by atoms with E-state index in [0.717, 1.165) is 0 Å². The molecule has 0 aromatic heterocycles. The molecule has 0 aliphatic carbocycles. The molecule has 0 rings (SSSR count). The van der Waals surface area contributed by atoms with Crippen LogP contribution in [0.3, 0.4) is 0 Å². The number of carboxylic acid groups (broad SMARTS) is 1. The normalized spacial score (nSPS) is 14.0.